The van der Waals surface area contributed by atoms with Crippen molar-refractivity contribution in [2.24, 2.45) is 0 Å². The van der Waals surface area contributed by atoms with E-state index in [1.807, 2.05) is 33.0 Å². The Morgan fingerprint density at radius 3 is 2.48 bits per heavy atom. The maximum Gasteiger partial charge on any atom is 0.349 e. The van der Waals surface area contributed by atoms with Crippen molar-refractivity contribution in [1.82, 2.24) is 5.32 Å². The molecule has 0 saturated heterocycles. The van der Waals surface area contributed by atoms with Crippen LogP contribution < -0.4 is 25.7 Å². The van der Waals surface area contributed by atoms with Crippen LogP contribution >= 0.6 is 0 Å². The van der Waals surface area contributed by atoms with Crippen LogP contribution in [0.5, 0.6) is 11.5 Å². The fraction of sp³-hybridized carbons (Fsp3) is 0.273. The lowest BCUT2D eigenvalue weighted by atomic mass is 10.1. The second-order valence-electron chi connectivity index (χ2n) is 6.81. The molecule has 0 unspecified atom stereocenters. The van der Waals surface area contributed by atoms with Crippen molar-refractivity contribution < 1.29 is 18.7 Å². The smallest absolute Gasteiger partial charge is 0.349 e. The van der Waals surface area contributed by atoms with E-state index in [4.69, 9.17) is 13.9 Å². The van der Waals surface area contributed by atoms with E-state index in [2.05, 4.69) is 10.6 Å². The molecule has 2 aromatic carbocycles. The number of hydrogen-bond acceptors (Lipinski definition) is 6. The van der Waals surface area contributed by atoms with Crippen LogP contribution in [0.1, 0.15) is 29.8 Å². The average Bonchev–Trinajstić information content (AvgIpc) is 2.69. The Bertz CT molecular complexity index is 1070. The molecule has 3 rings (SSSR count). The molecule has 0 fully saturated rings. The molecule has 7 heteroatoms. The Morgan fingerprint density at radius 1 is 1.14 bits per heavy atom. The molecule has 1 aromatic heterocycles. The first-order valence-electron chi connectivity index (χ1n) is 9.29. The van der Waals surface area contributed by atoms with E-state index in [1.54, 1.807) is 24.3 Å². The van der Waals surface area contributed by atoms with E-state index < -0.39 is 11.5 Å². The Hall–Kier alpha value is -3.32. The fourth-order valence-corrected chi connectivity index (χ4v) is 2.92. The van der Waals surface area contributed by atoms with Crippen LogP contribution in [-0.4, -0.2) is 26.2 Å². The van der Waals surface area contributed by atoms with Gasteiger partial charge in [0.1, 0.15) is 5.56 Å². The van der Waals surface area contributed by atoms with Crippen LogP contribution in [0.15, 0.2) is 51.7 Å². The predicted octanol–water partition coefficient (Wildman–Crippen LogP) is 3.56. The molecule has 0 aliphatic rings. The molecular weight excluding hydrogens is 372 g/mol. The summed E-state index contributed by atoms with van der Waals surface area (Å²) in [4.78, 5) is 25.1. The topological polar surface area (TPSA) is 89.8 Å². The Morgan fingerprint density at radius 2 is 1.86 bits per heavy atom. The Kier molecular flexibility index (Phi) is 6.19. The molecule has 0 aliphatic heterocycles. The van der Waals surface area contributed by atoms with Gasteiger partial charge in [0.15, 0.2) is 11.3 Å². The minimum Gasteiger partial charge on any atom is -0.493 e. The van der Waals surface area contributed by atoms with Crippen molar-refractivity contribution >= 4 is 22.6 Å². The van der Waals surface area contributed by atoms with Crippen LogP contribution in [0.25, 0.3) is 11.0 Å². The van der Waals surface area contributed by atoms with E-state index in [-0.39, 0.29) is 17.3 Å². The second-order valence-corrected chi connectivity index (χ2v) is 6.81. The van der Waals surface area contributed by atoms with Gasteiger partial charge in [0, 0.05) is 17.6 Å². The quantitative estimate of drug-likeness (QED) is 0.594. The number of benzene rings is 2. The monoisotopic (exact) mass is 396 g/mol. The molecule has 7 nitrogen and oxygen atoms in total. The summed E-state index contributed by atoms with van der Waals surface area (Å²) in [5, 5.41) is 6.35. The molecule has 3 aromatic rings. The van der Waals surface area contributed by atoms with Gasteiger partial charge in [-0.05, 0) is 56.8 Å². The standard InChI is InChI=1S/C22H24N2O5/c1-13(2)28-20-18(27-4)10-7-15-11-17(22(26)29-19(15)20)21(25)24-16-8-5-14(6-9-16)12-23-3/h5-11,13,23H,12H2,1-4H3,(H,24,25). The van der Waals surface area contributed by atoms with E-state index in [9.17, 15) is 9.59 Å². The summed E-state index contributed by atoms with van der Waals surface area (Å²) >= 11 is 0. The van der Waals surface area contributed by atoms with Crippen molar-refractivity contribution in [2.75, 3.05) is 19.5 Å². The normalized spacial score (nSPS) is 10.9. The first-order chi connectivity index (χ1) is 13.9. The van der Waals surface area contributed by atoms with Crippen molar-refractivity contribution in [1.29, 1.82) is 0 Å². The number of nitrogens with one attached hydrogen (secondary N) is 2. The molecule has 0 radical (unpaired) electrons. The third-order valence-electron chi connectivity index (χ3n) is 4.23. The predicted molar refractivity (Wildman–Crippen MR) is 112 cm³/mol. The van der Waals surface area contributed by atoms with E-state index >= 15 is 0 Å². The minimum absolute atomic E-state index is 0.0857. The number of methoxy groups -OCH3 is 1. The third kappa shape index (κ3) is 4.57. The van der Waals surface area contributed by atoms with Gasteiger partial charge in [-0.3, -0.25) is 4.79 Å². The highest BCUT2D eigenvalue weighted by atomic mass is 16.5. The van der Waals surface area contributed by atoms with Crippen LogP contribution in [0, 0.1) is 0 Å². The maximum absolute atomic E-state index is 12.6. The molecule has 1 heterocycles. The van der Waals surface area contributed by atoms with Crippen LogP contribution in [0.2, 0.25) is 0 Å². The summed E-state index contributed by atoms with van der Waals surface area (Å²) in [7, 11) is 3.37. The molecule has 29 heavy (non-hydrogen) atoms. The highest BCUT2D eigenvalue weighted by molar-refractivity contribution is 6.05. The van der Waals surface area contributed by atoms with Gasteiger partial charge in [0.05, 0.1) is 13.2 Å². The number of fused-ring (bicyclic) bond motifs is 1. The van der Waals surface area contributed by atoms with Gasteiger partial charge in [-0.25, -0.2) is 4.79 Å². The number of rotatable bonds is 7. The Balaban J connectivity index is 1.94. The van der Waals surface area contributed by atoms with E-state index in [0.29, 0.717) is 22.6 Å². The van der Waals surface area contributed by atoms with Crippen molar-refractivity contribution in [2.45, 2.75) is 26.5 Å². The summed E-state index contributed by atoms with van der Waals surface area (Å²) in [6.07, 6.45) is -0.145. The Labute approximate surface area is 168 Å². The fourth-order valence-electron chi connectivity index (χ4n) is 2.92. The van der Waals surface area contributed by atoms with Crippen molar-refractivity contribution in [3.8, 4) is 11.5 Å². The number of anilines is 1. The SMILES string of the molecule is CNCc1ccc(NC(=O)c2cc3ccc(OC)c(OC(C)C)c3oc2=O)cc1. The molecule has 0 saturated carbocycles. The molecular formula is C22H24N2O5. The molecule has 0 aliphatic carbocycles. The molecule has 152 valence electrons. The van der Waals surface area contributed by atoms with Gasteiger partial charge < -0.3 is 24.5 Å². The zero-order valence-corrected chi connectivity index (χ0v) is 16.9. The van der Waals surface area contributed by atoms with Gasteiger partial charge in [-0.2, -0.15) is 0 Å². The van der Waals surface area contributed by atoms with E-state index in [0.717, 1.165) is 12.1 Å². The van der Waals surface area contributed by atoms with Crippen LogP contribution in [0.3, 0.4) is 0 Å². The number of carbonyl (C=O) groups excluding carboxylic acids is 1. The lowest BCUT2D eigenvalue weighted by Gasteiger charge is -2.15. The van der Waals surface area contributed by atoms with Crippen LogP contribution in [0.4, 0.5) is 5.69 Å². The summed E-state index contributed by atoms with van der Waals surface area (Å²) in [6.45, 7) is 4.45. The van der Waals surface area contributed by atoms with Crippen LogP contribution in [-0.2, 0) is 6.54 Å². The number of hydrogen-bond donors (Lipinski definition) is 2. The first kappa shape index (κ1) is 20.4. The molecule has 1 amide bonds. The zero-order valence-electron chi connectivity index (χ0n) is 16.9. The van der Waals surface area contributed by atoms with Gasteiger partial charge >= 0.3 is 5.63 Å². The number of ether oxygens (including phenoxy) is 2. The highest BCUT2D eigenvalue weighted by Gasteiger charge is 2.19. The van der Waals surface area contributed by atoms with Crippen molar-refractivity contribution in [3.63, 3.8) is 0 Å². The first-order valence-corrected chi connectivity index (χ1v) is 9.29. The molecule has 0 atom stereocenters. The van der Waals surface area contributed by atoms with Gasteiger partial charge in [-0.1, -0.05) is 12.1 Å². The molecule has 0 bridgehead atoms. The van der Waals surface area contributed by atoms with Gasteiger partial charge in [0.25, 0.3) is 5.91 Å². The van der Waals surface area contributed by atoms with E-state index in [1.165, 1.54) is 13.2 Å². The summed E-state index contributed by atoms with van der Waals surface area (Å²) < 4.78 is 16.5. The van der Waals surface area contributed by atoms with Crippen molar-refractivity contribution in [3.05, 3.63) is 64.0 Å². The largest absolute Gasteiger partial charge is 0.493 e. The minimum atomic E-state index is -0.747. The third-order valence-corrected chi connectivity index (χ3v) is 4.23. The average molecular weight is 396 g/mol. The lowest BCUT2D eigenvalue weighted by molar-refractivity contribution is 0.102. The maximum atomic E-state index is 12.6. The summed E-state index contributed by atoms with van der Waals surface area (Å²) in [5.41, 5.74) is 1.09. The number of amides is 1. The molecule has 2 N–H and O–H groups in total. The van der Waals surface area contributed by atoms with Gasteiger partial charge in [0.2, 0.25) is 5.75 Å². The van der Waals surface area contributed by atoms with Gasteiger partial charge in [-0.15, -0.1) is 0 Å². The number of carbonyl (C=O) groups is 1. The summed E-state index contributed by atoms with van der Waals surface area (Å²) in [5.74, 6) is 0.251. The molecule has 0 spiro atoms. The second kappa shape index (κ2) is 8.79. The highest BCUT2D eigenvalue weighted by Crippen LogP contribution is 2.36. The lowest BCUT2D eigenvalue weighted by Crippen LogP contribution is -2.21. The zero-order chi connectivity index (χ0) is 21.0. The summed E-state index contributed by atoms with van der Waals surface area (Å²) in [6, 6.07) is 12.3.